The van der Waals surface area contributed by atoms with Gasteiger partial charge in [0.2, 0.25) is 5.91 Å². The van der Waals surface area contributed by atoms with Crippen LogP contribution in [0, 0.1) is 5.92 Å². The third kappa shape index (κ3) is 3.03. The lowest BCUT2D eigenvalue weighted by Gasteiger charge is -2.20. The van der Waals surface area contributed by atoms with Crippen molar-refractivity contribution in [3.63, 3.8) is 0 Å². The molecule has 1 fully saturated rings. The summed E-state index contributed by atoms with van der Waals surface area (Å²) in [5.74, 6) is 0.0270. The first-order valence-electron chi connectivity index (χ1n) is 6.39. The maximum Gasteiger partial charge on any atom is 0.225 e. The van der Waals surface area contributed by atoms with Crippen LogP contribution in [0.2, 0.25) is 5.02 Å². The van der Waals surface area contributed by atoms with Gasteiger partial charge in [-0.3, -0.25) is 4.79 Å². The normalized spacial score (nSPS) is 24.8. The second-order valence-electron chi connectivity index (χ2n) is 4.99. The van der Waals surface area contributed by atoms with E-state index in [0.29, 0.717) is 5.02 Å². The van der Waals surface area contributed by atoms with Crippen molar-refractivity contribution in [3.05, 3.63) is 34.9 Å². The summed E-state index contributed by atoms with van der Waals surface area (Å²) in [5, 5.41) is 3.70. The molecule has 0 spiro atoms. The fourth-order valence-corrected chi connectivity index (χ4v) is 2.69. The number of nitrogens with two attached hydrogens (primary N) is 1. The Kier molecular flexibility index (Phi) is 4.25. The van der Waals surface area contributed by atoms with Crippen molar-refractivity contribution in [1.29, 1.82) is 0 Å². The van der Waals surface area contributed by atoms with E-state index in [4.69, 9.17) is 17.3 Å². The first-order valence-corrected chi connectivity index (χ1v) is 6.77. The second kappa shape index (κ2) is 5.72. The molecule has 1 aliphatic carbocycles. The fraction of sp³-hybridized carbons (Fsp3) is 0.500. The molecule has 1 amide bonds. The van der Waals surface area contributed by atoms with E-state index >= 15 is 0 Å². The number of carbonyl (C=O) groups is 1. The number of hydrogen-bond donors (Lipinski definition) is 2. The lowest BCUT2D eigenvalue weighted by molar-refractivity contribution is -0.125. The molecule has 0 aliphatic heterocycles. The van der Waals surface area contributed by atoms with Crippen LogP contribution in [0.3, 0.4) is 0 Å². The highest BCUT2D eigenvalue weighted by Crippen LogP contribution is 2.25. The highest BCUT2D eigenvalue weighted by atomic mass is 35.5. The summed E-state index contributed by atoms with van der Waals surface area (Å²) in [6.45, 7) is 1.96. The molecule has 0 saturated heterocycles. The van der Waals surface area contributed by atoms with Gasteiger partial charge in [0.15, 0.2) is 0 Å². The van der Waals surface area contributed by atoms with Crippen LogP contribution in [0.15, 0.2) is 24.3 Å². The van der Waals surface area contributed by atoms with Crippen LogP contribution in [0.4, 0.5) is 0 Å². The third-order valence-corrected chi connectivity index (χ3v) is 3.85. The third-order valence-electron chi connectivity index (χ3n) is 3.61. The van der Waals surface area contributed by atoms with E-state index in [2.05, 4.69) is 5.32 Å². The van der Waals surface area contributed by atoms with E-state index in [1.165, 1.54) is 0 Å². The van der Waals surface area contributed by atoms with Crippen molar-refractivity contribution in [2.45, 2.75) is 38.3 Å². The van der Waals surface area contributed by atoms with Crippen molar-refractivity contribution in [1.82, 2.24) is 5.32 Å². The predicted octanol–water partition coefficient (Wildman–Crippen LogP) is 2.64. The number of carbonyl (C=O) groups excluding carboxylic acids is 1. The molecule has 4 heteroatoms. The molecule has 98 valence electrons. The quantitative estimate of drug-likeness (QED) is 0.884. The first-order chi connectivity index (χ1) is 8.58. The molecule has 0 bridgehead atoms. The SMILES string of the molecule is C[C@@H](NC(=O)C1CCCC1N)c1cccc(Cl)c1. The largest absolute Gasteiger partial charge is 0.349 e. The number of amides is 1. The predicted molar refractivity (Wildman–Crippen MR) is 73.3 cm³/mol. The van der Waals surface area contributed by atoms with Gasteiger partial charge in [-0.2, -0.15) is 0 Å². The minimum absolute atomic E-state index is 0.0107. The zero-order valence-corrected chi connectivity index (χ0v) is 11.3. The Morgan fingerprint density at radius 1 is 1.50 bits per heavy atom. The van der Waals surface area contributed by atoms with E-state index in [-0.39, 0.29) is 23.9 Å². The number of halogens is 1. The van der Waals surface area contributed by atoms with Gasteiger partial charge in [0, 0.05) is 11.1 Å². The molecule has 1 aromatic carbocycles. The van der Waals surface area contributed by atoms with Gasteiger partial charge in [0.05, 0.1) is 12.0 Å². The Morgan fingerprint density at radius 2 is 2.28 bits per heavy atom. The molecule has 0 aromatic heterocycles. The molecule has 1 aromatic rings. The Bertz CT molecular complexity index is 436. The van der Waals surface area contributed by atoms with Crippen molar-refractivity contribution in [2.24, 2.45) is 11.7 Å². The van der Waals surface area contributed by atoms with Gasteiger partial charge in [-0.1, -0.05) is 30.2 Å². The van der Waals surface area contributed by atoms with Gasteiger partial charge in [0.25, 0.3) is 0 Å². The zero-order chi connectivity index (χ0) is 13.1. The van der Waals surface area contributed by atoms with Gasteiger partial charge in [-0.05, 0) is 37.5 Å². The van der Waals surface area contributed by atoms with Crippen LogP contribution in [0.25, 0.3) is 0 Å². The smallest absolute Gasteiger partial charge is 0.225 e. The van der Waals surface area contributed by atoms with E-state index in [0.717, 1.165) is 24.8 Å². The molecule has 0 radical (unpaired) electrons. The summed E-state index contributed by atoms with van der Waals surface area (Å²) < 4.78 is 0. The van der Waals surface area contributed by atoms with Crippen LogP contribution in [0.1, 0.15) is 37.8 Å². The molecule has 2 unspecified atom stereocenters. The van der Waals surface area contributed by atoms with Crippen molar-refractivity contribution < 1.29 is 4.79 Å². The summed E-state index contributed by atoms with van der Waals surface area (Å²) in [6, 6.07) is 7.53. The van der Waals surface area contributed by atoms with Gasteiger partial charge in [-0.15, -0.1) is 0 Å². The van der Waals surface area contributed by atoms with Crippen molar-refractivity contribution in [3.8, 4) is 0 Å². The standard InChI is InChI=1S/C14H19ClN2O/c1-9(10-4-2-5-11(15)8-10)17-14(18)12-6-3-7-13(12)16/h2,4-5,8-9,12-13H,3,6-7,16H2,1H3,(H,17,18)/t9-,12?,13?/m1/s1. The van der Waals surface area contributed by atoms with Crippen LogP contribution in [-0.2, 0) is 4.79 Å². The fourth-order valence-electron chi connectivity index (χ4n) is 2.49. The number of benzene rings is 1. The Morgan fingerprint density at radius 3 is 2.89 bits per heavy atom. The van der Waals surface area contributed by atoms with Crippen LogP contribution >= 0.6 is 11.6 Å². The topological polar surface area (TPSA) is 55.1 Å². The second-order valence-corrected chi connectivity index (χ2v) is 5.42. The Balaban J connectivity index is 1.98. The molecule has 3 N–H and O–H groups in total. The Hall–Kier alpha value is -1.06. The average molecular weight is 267 g/mol. The lowest BCUT2D eigenvalue weighted by Crippen LogP contribution is -2.39. The van der Waals surface area contributed by atoms with Gasteiger partial charge >= 0.3 is 0 Å². The summed E-state index contributed by atoms with van der Waals surface area (Å²) in [5.41, 5.74) is 6.95. The van der Waals surface area contributed by atoms with Gasteiger partial charge < -0.3 is 11.1 Å². The number of nitrogens with one attached hydrogen (secondary N) is 1. The zero-order valence-electron chi connectivity index (χ0n) is 10.5. The lowest BCUT2D eigenvalue weighted by atomic mass is 10.0. The summed E-state index contributed by atoms with van der Waals surface area (Å²) >= 11 is 5.94. The van der Waals surface area contributed by atoms with Crippen LogP contribution in [-0.4, -0.2) is 11.9 Å². The molecule has 0 heterocycles. The van der Waals surface area contributed by atoms with Crippen LogP contribution < -0.4 is 11.1 Å². The highest BCUT2D eigenvalue weighted by Gasteiger charge is 2.30. The molecular formula is C14H19ClN2O. The monoisotopic (exact) mass is 266 g/mol. The van der Waals surface area contributed by atoms with Gasteiger partial charge in [0.1, 0.15) is 0 Å². The van der Waals surface area contributed by atoms with Crippen LogP contribution in [0.5, 0.6) is 0 Å². The molecule has 1 aliphatic rings. The van der Waals surface area contributed by atoms with Crippen molar-refractivity contribution >= 4 is 17.5 Å². The van der Waals surface area contributed by atoms with E-state index in [9.17, 15) is 4.79 Å². The minimum atomic E-state index is -0.0380. The minimum Gasteiger partial charge on any atom is -0.349 e. The van der Waals surface area contributed by atoms with Crippen molar-refractivity contribution in [2.75, 3.05) is 0 Å². The molecular weight excluding hydrogens is 248 g/mol. The van der Waals surface area contributed by atoms with E-state index in [1.807, 2.05) is 31.2 Å². The number of hydrogen-bond acceptors (Lipinski definition) is 2. The van der Waals surface area contributed by atoms with Gasteiger partial charge in [-0.25, -0.2) is 0 Å². The molecule has 3 atom stereocenters. The van der Waals surface area contributed by atoms with E-state index in [1.54, 1.807) is 0 Å². The molecule has 3 nitrogen and oxygen atoms in total. The first kappa shape index (κ1) is 13.4. The molecule has 1 saturated carbocycles. The van der Waals surface area contributed by atoms with E-state index < -0.39 is 0 Å². The Labute approximate surface area is 113 Å². The summed E-state index contributed by atoms with van der Waals surface area (Å²) in [6.07, 6.45) is 2.89. The summed E-state index contributed by atoms with van der Waals surface area (Å²) in [7, 11) is 0. The summed E-state index contributed by atoms with van der Waals surface area (Å²) in [4.78, 5) is 12.1. The maximum atomic E-state index is 12.1. The maximum absolute atomic E-state index is 12.1. The highest BCUT2D eigenvalue weighted by molar-refractivity contribution is 6.30. The average Bonchev–Trinajstić information content (AvgIpc) is 2.75. The number of rotatable bonds is 3. The molecule has 18 heavy (non-hydrogen) atoms. The molecule has 2 rings (SSSR count).